The highest BCUT2D eigenvalue weighted by atomic mass is 16.4. The van der Waals surface area contributed by atoms with Crippen LogP contribution in [0.3, 0.4) is 0 Å². The van der Waals surface area contributed by atoms with E-state index in [1.54, 1.807) is 0 Å². The summed E-state index contributed by atoms with van der Waals surface area (Å²) in [7, 11) is 0. The van der Waals surface area contributed by atoms with Crippen molar-refractivity contribution in [3.63, 3.8) is 0 Å². The number of carbonyl (C=O) groups is 2. The van der Waals surface area contributed by atoms with Crippen LogP contribution in [0, 0.1) is 17.8 Å². The lowest BCUT2D eigenvalue weighted by molar-refractivity contribution is -0.144. The molecule has 0 aliphatic rings. The van der Waals surface area contributed by atoms with E-state index in [-0.39, 0.29) is 23.7 Å². The van der Waals surface area contributed by atoms with Crippen LogP contribution in [0.5, 0.6) is 0 Å². The Balaban J connectivity index is 4.71. The average molecular weight is 257 g/mol. The first-order valence-corrected chi connectivity index (χ1v) is 6.88. The SMILES string of the molecule is CCCC(C(=O)N[C@H](C(=O)O)[C@@H](C)CC)C(C)C. The monoisotopic (exact) mass is 257 g/mol. The minimum atomic E-state index is -0.947. The first-order chi connectivity index (χ1) is 8.34. The number of nitrogens with one attached hydrogen (secondary N) is 1. The van der Waals surface area contributed by atoms with Gasteiger partial charge in [-0.2, -0.15) is 0 Å². The second-order valence-corrected chi connectivity index (χ2v) is 5.35. The van der Waals surface area contributed by atoms with E-state index in [0.717, 1.165) is 19.3 Å². The van der Waals surface area contributed by atoms with Crippen LogP contribution in [0.2, 0.25) is 0 Å². The van der Waals surface area contributed by atoms with Crippen molar-refractivity contribution in [2.45, 2.75) is 59.9 Å². The third kappa shape index (κ3) is 5.07. The van der Waals surface area contributed by atoms with Crippen molar-refractivity contribution in [1.29, 1.82) is 0 Å². The molecule has 0 aliphatic heterocycles. The Morgan fingerprint density at radius 1 is 1.17 bits per heavy atom. The molecular formula is C14H27NO3. The predicted molar refractivity (Wildman–Crippen MR) is 72.3 cm³/mol. The van der Waals surface area contributed by atoms with E-state index >= 15 is 0 Å². The molecule has 0 rings (SSSR count). The fraction of sp³-hybridized carbons (Fsp3) is 0.857. The van der Waals surface area contributed by atoms with Crippen molar-refractivity contribution >= 4 is 11.9 Å². The normalized spacial score (nSPS) is 16.1. The number of amides is 1. The van der Waals surface area contributed by atoms with Gasteiger partial charge in [0.15, 0.2) is 0 Å². The highest BCUT2D eigenvalue weighted by Gasteiger charge is 2.29. The highest BCUT2D eigenvalue weighted by Crippen LogP contribution is 2.18. The predicted octanol–water partition coefficient (Wildman–Crippen LogP) is 2.67. The van der Waals surface area contributed by atoms with E-state index in [9.17, 15) is 9.59 Å². The maximum Gasteiger partial charge on any atom is 0.326 e. The lowest BCUT2D eigenvalue weighted by Gasteiger charge is -2.25. The summed E-state index contributed by atoms with van der Waals surface area (Å²) in [6, 6.07) is -0.777. The van der Waals surface area contributed by atoms with Crippen LogP contribution in [-0.4, -0.2) is 23.0 Å². The summed E-state index contributed by atoms with van der Waals surface area (Å²) in [5, 5.41) is 11.9. The van der Waals surface area contributed by atoms with Gasteiger partial charge in [-0.15, -0.1) is 0 Å². The molecule has 0 aliphatic carbocycles. The largest absolute Gasteiger partial charge is 0.480 e. The minimum Gasteiger partial charge on any atom is -0.480 e. The Morgan fingerprint density at radius 3 is 2.06 bits per heavy atom. The number of carboxylic acids is 1. The zero-order chi connectivity index (χ0) is 14.3. The number of hydrogen-bond donors (Lipinski definition) is 2. The molecule has 0 aromatic carbocycles. The second-order valence-electron chi connectivity index (χ2n) is 5.35. The summed E-state index contributed by atoms with van der Waals surface area (Å²) in [6.45, 7) is 9.81. The van der Waals surface area contributed by atoms with E-state index in [0.29, 0.717) is 0 Å². The fourth-order valence-electron chi connectivity index (χ4n) is 2.02. The smallest absolute Gasteiger partial charge is 0.326 e. The molecular weight excluding hydrogens is 230 g/mol. The molecule has 18 heavy (non-hydrogen) atoms. The third-order valence-electron chi connectivity index (χ3n) is 3.52. The maximum absolute atomic E-state index is 12.1. The van der Waals surface area contributed by atoms with Gasteiger partial charge < -0.3 is 10.4 Å². The fourth-order valence-corrected chi connectivity index (χ4v) is 2.02. The van der Waals surface area contributed by atoms with Crippen molar-refractivity contribution in [3.8, 4) is 0 Å². The van der Waals surface area contributed by atoms with Gasteiger partial charge in [0.05, 0.1) is 0 Å². The first-order valence-electron chi connectivity index (χ1n) is 6.88. The summed E-state index contributed by atoms with van der Waals surface area (Å²) in [5.74, 6) is -0.991. The third-order valence-corrected chi connectivity index (χ3v) is 3.52. The van der Waals surface area contributed by atoms with Gasteiger partial charge in [0.25, 0.3) is 0 Å². The molecule has 2 N–H and O–H groups in total. The van der Waals surface area contributed by atoms with Crippen LogP contribution in [0.4, 0.5) is 0 Å². The Bertz CT molecular complexity index is 276. The summed E-state index contributed by atoms with van der Waals surface area (Å²) in [5.41, 5.74) is 0. The van der Waals surface area contributed by atoms with Crippen molar-refractivity contribution < 1.29 is 14.7 Å². The van der Waals surface area contributed by atoms with Crippen molar-refractivity contribution in [3.05, 3.63) is 0 Å². The molecule has 4 nitrogen and oxygen atoms in total. The maximum atomic E-state index is 12.1. The van der Waals surface area contributed by atoms with Gasteiger partial charge in [-0.1, -0.05) is 47.5 Å². The van der Waals surface area contributed by atoms with E-state index in [1.807, 2.05) is 34.6 Å². The van der Waals surface area contributed by atoms with Crippen LogP contribution in [0.15, 0.2) is 0 Å². The summed E-state index contributed by atoms with van der Waals surface area (Å²) >= 11 is 0. The topological polar surface area (TPSA) is 66.4 Å². The molecule has 0 heterocycles. The van der Waals surface area contributed by atoms with Gasteiger partial charge in [0.2, 0.25) is 5.91 Å². The van der Waals surface area contributed by atoms with Gasteiger partial charge in [-0.25, -0.2) is 4.79 Å². The molecule has 0 bridgehead atoms. The summed E-state index contributed by atoms with van der Waals surface area (Å²) < 4.78 is 0. The lowest BCUT2D eigenvalue weighted by Crippen LogP contribution is -2.48. The van der Waals surface area contributed by atoms with Gasteiger partial charge in [0, 0.05) is 5.92 Å². The number of rotatable bonds is 8. The molecule has 0 aromatic rings. The number of carboxylic acid groups (broad SMARTS) is 1. The lowest BCUT2D eigenvalue weighted by atomic mass is 9.89. The number of aliphatic carboxylic acids is 1. The van der Waals surface area contributed by atoms with Crippen LogP contribution in [-0.2, 0) is 9.59 Å². The molecule has 106 valence electrons. The average Bonchev–Trinajstić information content (AvgIpc) is 2.30. The number of hydrogen-bond acceptors (Lipinski definition) is 2. The quantitative estimate of drug-likeness (QED) is 0.702. The van der Waals surface area contributed by atoms with Crippen LogP contribution in [0.25, 0.3) is 0 Å². The van der Waals surface area contributed by atoms with Crippen LogP contribution >= 0.6 is 0 Å². The molecule has 0 aromatic heterocycles. The van der Waals surface area contributed by atoms with Gasteiger partial charge in [-0.3, -0.25) is 4.79 Å². The van der Waals surface area contributed by atoms with Crippen LogP contribution < -0.4 is 5.32 Å². The van der Waals surface area contributed by atoms with Gasteiger partial charge in [-0.05, 0) is 18.3 Å². The second kappa shape index (κ2) is 8.11. The Hall–Kier alpha value is -1.06. The van der Waals surface area contributed by atoms with E-state index < -0.39 is 12.0 Å². The molecule has 4 heteroatoms. The Kier molecular flexibility index (Phi) is 7.64. The van der Waals surface area contributed by atoms with Crippen molar-refractivity contribution in [1.82, 2.24) is 5.32 Å². The van der Waals surface area contributed by atoms with Crippen molar-refractivity contribution in [2.24, 2.45) is 17.8 Å². The van der Waals surface area contributed by atoms with Crippen LogP contribution in [0.1, 0.15) is 53.9 Å². The highest BCUT2D eigenvalue weighted by molar-refractivity contribution is 5.85. The van der Waals surface area contributed by atoms with Gasteiger partial charge >= 0.3 is 5.97 Å². The molecule has 1 unspecified atom stereocenters. The van der Waals surface area contributed by atoms with Crippen molar-refractivity contribution in [2.75, 3.05) is 0 Å². The Labute approximate surface area is 110 Å². The van der Waals surface area contributed by atoms with E-state index in [2.05, 4.69) is 5.32 Å². The van der Waals surface area contributed by atoms with Gasteiger partial charge in [0.1, 0.15) is 6.04 Å². The first kappa shape index (κ1) is 16.9. The van der Waals surface area contributed by atoms with E-state index in [4.69, 9.17) is 5.11 Å². The summed E-state index contributed by atoms with van der Waals surface area (Å²) in [4.78, 5) is 23.3. The molecule has 0 radical (unpaired) electrons. The minimum absolute atomic E-state index is 0.0547. The molecule has 3 atom stereocenters. The Morgan fingerprint density at radius 2 is 1.72 bits per heavy atom. The molecule has 0 fully saturated rings. The molecule has 0 spiro atoms. The summed E-state index contributed by atoms with van der Waals surface area (Å²) in [6.07, 6.45) is 2.46. The standard InChI is InChI=1S/C14H27NO3/c1-6-8-11(9(3)4)13(16)15-12(14(17)18)10(5)7-2/h9-12H,6-8H2,1-5H3,(H,15,16)(H,17,18)/t10-,11?,12-/m0/s1. The zero-order valence-corrected chi connectivity index (χ0v) is 12.2. The van der Waals surface area contributed by atoms with E-state index in [1.165, 1.54) is 0 Å². The molecule has 1 amide bonds. The zero-order valence-electron chi connectivity index (χ0n) is 12.2. The number of carbonyl (C=O) groups excluding carboxylic acids is 1. The molecule has 0 saturated carbocycles. The molecule has 0 saturated heterocycles.